The Bertz CT molecular complexity index is 834. The second-order valence-electron chi connectivity index (χ2n) is 5.15. The SMILES string of the molecule is CCOC(=O)c1[nH]c(-c2ccc(Cl)cc2)c2cc(C)ccc12. The lowest BCUT2D eigenvalue weighted by Crippen LogP contribution is -2.05. The van der Waals surface area contributed by atoms with Gasteiger partial charge in [-0.3, -0.25) is 0 Å². The van der Waals surface area contributed by atoms with Gasteiger partial charge in [0.1, 0.15) is 5.69 Å². The molecule has 0 unspecified atom stereocenters. The van der Waals surface area contributed by atoms with E-state index in [1.807, 2.05) is 43.3 Å². The summed E-state index contributed by atoms with van der Waals surface area (Å²) >= 11 is 5.96. The lowest BCUT2D eigenvalue weighted by molar-refractivity contribution is 0.0522. The highest BCUT2D eigenvalue weighted by Gasteiger charge is 2.18. The summed E-state index contributed by atoms with van der Waals surface area (Å²) in [6, 6.07) is 13.6. The van der Waals surface area contributed by atoms with Crippen molar-refractivity contribution in [3.05, 3.63) is 58.7 Å². The molecule has 0 fully saturated rings. The van der Waals surface area contributed by atoms with E-state index in [-0.39, 0.29) is 5.97 Å². The summed E-state index contributed by atoms with van der Waals surface area (Å²) in [7, 11) is 0. The van der Waals surface area contributed by atoms with Crippen LogP contribution in [0.5, 0.6) is 0 Å². The highest BCUT2D eigenvalue weighted by atomic mass is 35.5. The van der Waals surface area contributed by atoms with Crippen molar-refractivity contribution in [2.75, 3.05) is 6.61 Å². The fourth-order valence-electron chi connectivity index (χ4n) is 2.55. The van der Waals surface area contributed by atoms with Gasteiger partial charge in [0.25, 0.3) is 0 Å². The first-order valence-corrected chi connectivity index (χ1v) is 7.53. The van der Waals surface area contributed by atoms with E-state index >= 15 is 0 Å². The van der Waals surface area contributed by atoms with Gasteiger partial charge in [0.05, 0.1) is 12.3 Å². The Morgan fingerprint density at radius 1 is 1.14 bits per heavy atom. The molecule has 0 amide bonds. The predicted molar refractivity (Wildman–Crippen MR) is 89.4 cm³/mol. The molecule has 0 spiro atoms. The zero-order chi connectivity index (χ0) is 15.7. The van der Waals surface area contributed by atoms with E-state index < -0.39 is 0 Å². The molecular formula is C18H16ClNO2. The molecule has 3 aromatic rings. The topological polar surface area (TPSA) is 42.1 Å². The third-order valence-electron chi connectivity index (χ3n) is 3.58. The van der Waals surface area contributed by atoms with Crippen molar-refractivity contribution >= 4 is 28.3 Å². The van der Waals surface area contributed by atoms with Gasteiger partial charge in [-0.15, -0.1) is 0 Å². The molecule has 0 aliphatic rings. The molecule has 0 aliphatic carbocycles. The molecule has 0 saturated heterocycles. The minimum Gasteiger partial charge on any atom is -0.461 e. The lowest BCUT2D eigenvalue weighted by Gasteiger charge is -2.01. The Hall–Kier alpha value is -2.26. The monoisotopic (exact) mass is 313 g/mol. The zero-order valence-corrected chi connectivity index (χ0v) is 13.2. The molecule has 112 valence electrons. The fraction of sp³-hybridized carbons (Fsp3) is 0.167. The summed E-state index contributed by atoms with van der Waals surface area (Å²) < 4.78 is 5.14. The summed E-state index contributed by atoms with van der Waals surface area (Å²) in [6.07, 6.45) is 0. The van der Waals surface area contributed by atoms with Crippen LogP contribution in [0.4, 0.5) is 0 Å². The molecule has 1 aromatic heterocycles. The van der Waals surface area contributed by atoms with Gasteiger partial charge in [0.15, 0.2) is 0 Å². The minimum atomic E-state index is -0.337. The fourth-order valence-corrected chi connectivity index (χ4v) is 2.68. The van der Waals surface area contributed by atoms with Gasteiger partial charge >= 0.3 is 5.97 Å². The van der Waals surface area contributed by atoms with Crippen LogP contribution in [0.1, 0.15) is 23.0 Å². The van der Waals surface area contributed by atoms with Gasteiger partial charge in [-0.2, -0.15) is 0 Å². The number of aromatic nitrogens is 1. The van der Waals surface area contributed by atoms with E-state index in [0.29, 0.717) is 17.3 Å². The number of fused-ring (bicyclic) bond motifs is 1. The van der Waals surface area contributed by atoms with Gasteiger partial charge in [0, 0.05) is 15.8 Å². The minimum absolute atomic E-state index is 0.337. The van der Waals surface area contributed by atoms with Crippen molar-refractivity contribution in [3.63, 3.8) is 0 Å². The van der Waals surface area contributed by atoms with Gasteiger partial charge in [-0.05, 0) is 37.6 Å². The van der Waals surface area contributed by atoms with Crippen molar-refractivity contribution in [2.45, 2.75) is 13.8 Å². The number of aromatic amines is 1. The van der Waals surface area contributed by atoms with Crippen LogP contribution in [-0.4, -0.2) is 17.6 Å². The van der Waals surface area contributed by atoms with E-state index in [2.05, 4.69) is 11.1 Å². The molecule has 3 nitrogen and oxygen atoms in total. The maximum Gasteiger partial charge on any atom is 0.355 e. The number of carbonyl (C=O) groups is 1. The third-order valence-corrected chi connectivity index (χ3v) is 3.83. The van der Waals surface area contributed by atoms with E-state index in [1.165, 1.54) is 0 Å². The molecule has 4 heteroatoms. The zero-order valence-electron chi connectivity index (χ0n) is 12.4. The van der Waals surface area contributed by atoms with Crippen molar-refractivity contribution in [1.29, 1.82) is 0 Å². The standard InChI is InChI=1S/C18H16ClNO2/c1-3-22-18(21)17-14-9-4-11(2)10-15(14)16(20-17)12-5-7-13(19)8-6-12/h4-10,20H,3H2,1-2H3. The molecule has 3 rings (SSSR count). The largest absolute Gasteiger partial charge is 0.461 e. The highest BCUT2D eigenvalue weighted by Crippen LogP contribution is 2.32. The van der Waals surface area contributed by atoms with Crippen LogP contribution >= 0.6 is 11.6 Å². The molecule has 0 radical (unpaired) electrons. The Kier molecular flexibility index (Phi) is 3.90. The number of aryl methyl sites for hydroxylation is 1. The van der Waals surface area contributed by atoms with Crippen molar-refractivity contribution < 1.29 is 9.53 Å². The number of carbonyl (C=O) groups excluding carboxylic acids is 1. The Balaban J connectivity index is 2.23. The Labute approximate surface area is 133 Å². The molecule has 1 heterocycles. The van der Waals surface area contributed by atoms with Crippen molar-refractivity contribution in [2.24, 2.45) is 0 Å². The van der Waals surface area contributed by atoms with Crippen LogP contribution in [0.3, 0.4) is 0 Å². The van der Waals surface area contributed by atoms with Crippen LogP contribution < -0.4 is 0 Å². The summed E-state index contributed by atoms with van der Waals surface area (Å²) in [5.74, 6) is -0.337. The highest BCUT2D eigenvalue weighted by molar-refractivity contribution is 6.30. The van der Waals surface area contributed by atoms with E-state index in [4.69, 9.17) is 16.3 Å². The predicted octanol–water partition coefficient (Wildman–Crippen LogP) is 4.97. The number of ether oxygens (including phenoxy) is 1. The summed E-state index contributed by atoms with van der Waals surface area (Å²) in [6.45, 7) is 4.18. The van der Waals surface area contributed by atoms with Crippen molar-refractivity contribution in [1.82, 2.24) is 4.98 Å². The van der Waals surface area contributed by atoms with Gasteiger partial charge < -0.3 is 9.72 Å². The normalized spacial score (nSPS) is 10.9. The molecule has 0 bridgehead atoms. The number of H-pyrrole nitrogens is 1. The lowest BCUT2D eigenvalue weighted by atomic mass is 10.0. The first kappa shape index (κ1) is 14.7. The van der Waals surface area contributed by atoms with E-state index in [0.717, 1.165) is 27.6 Å². The van der Waals surface area contributed by atoms with Crippen LogP contribution in [0.25, 0.3) is 22.0 Å². The maximum absolute atomic E-state index is 12.2. The molecule has 0 aliphatic heterocycles. The van der Waals surface area contributed by atoms with Gasteiger partial charge in [0.2, 0.25) is 0 Å². The molecule has 1 N–H and O–H groups in total. The Morgan fingerprint density at radius 3 is 2.55 bits per heavy atom. The van der Waals surface area contributed by atoms with Gasteiger partial charge in [-0.1, -0.05) is 41.4 Å². The maximum atomic E-state index is 12.2. The summed E-state index contributed by atoms with van der Waals surface area (Å²) in [5.41, 5.74) is 3.51. The first-order valence-electron chi connectivity index (χ1n) is 7.15. The molecule has 0 atom stereocenters. The van der Waals surface area contributed by atoms with Crippen molar-refractivity contribution in [3.8, 4) is 11.3 Å². The number of benzene rings is 2. The number of hydrogen-bond donors (Lipinski definition) is 1. The average Bonchev–Trinajstić information content (AvgIpc) is 2.87. The Morgan fingerprint density at radius 2 is 1.86 bits per heavy atom. The van der Waals surface area contributed by atoms with E-state index in [9.17, 15) is 4.79 Å². The van der Waals surface area contributed by atoms with Crippen LogP contribution in [0.2, 0.25) is 5.02 Å². The molecule has 22 heavy (non-hydrogen) atoms. The molecule has 2 aromatic carbocycles. The number of esters is 1. The second-order valence-corrected chi connectivity index (χ2v) is 5.59. The summed E-state index contributed by atoms with van der Waals surface area (Å²) in [4.78, 5) is 15.4. The van der Waals surface area contributed by atoms with Crippen LogP contribution in [0.15, 0.2) is 42.5 Å². The summed E-state index contributed by atoms with van der Waals surface area (Å²) in [5, 5.41) is 2.56. The molecule has 0 saturated carbocycles. The molecular weight excluding hydrogens is 298 g/mol. The van der Waals surface area contributed by atoms with Gasteiger partial charge in [-0.25, -0.2) is 4.79 Å². The quantitative estimate of drug-likeness (QED) is 0.693. The second kappa shape index (κ2) is 5.85. The van der Waals surface area contributed by atoms with Crippen LogP contribution in [0, 0.1) is 6.92 Å². The number of nitrogens with one attached hydrogen (secondary N) is 1. The first-order chi connectivity index (χ1) is 10.6. The smallest absolute Gasteiger partial charge is 0.355 e. The van der Waals surface area contributed by atoms with E-state index in [1.54, 1.807) is 6.92 Å². The average molecular weight is 314 g/mol. The number of rotatable bonds is 3. The van der Waals surface area contributed by atoms with Crippen LogP contribution in [-0.2, 0) is 4.74 Å². The number of halogens is 1. The number of hydrogen-bond acceptors (Lipinski definition) is 2. The third kappa shape index (κ3) is 2.60.